The molecule has 0 saturated carbocycles. The van der Waals surface area contributed by atoms with Gasteiger partial charge in [0.05, 0.1) is 13.3 Å². The summed E-state index contributed by atoms with van der Waals surface area (Å²) in [6.45, 7) is 4.38. The predicted octanol–water partition coefficient (Wildman–Crippen LogP) is 4.64. The van der Waals surface area contributed by atoms with Crippen LogP contribution in [-0.4, -0.2) is 36.9 Å². The van der Waals surface area contributed by atoms with E-state index in [0.29, 0.717) is 6.92 Å². The Morgan fingerprint density at radius 2 is 0.895 bits per heavy atom. The van der Waals surface area contributed by atoms with Crippen molar-refractivity contribution in [2.45, 2.75) is 52.9 Å². The van der Waals surface area contributed by atoms with E-state index in [4.69, 9.17) is 5.11 Å². The Balaban J connectivity index is -0.0000000476. The molecule has 0 aliphatic rings. The molecule has 0 aromatic rings. The Bertz CT molecular complexity index is 120. The minimum absolute atomic E-state index is 0. The minimum Gasteiger partial charge on any atom is -0.390 e. The molecule has 0 aromatic heterocycles. The molecular formula is C11H24F6ORf. The summed E-state index contributed by atoms with van der Waals surface area (Å²) in [5.41, 5.74) is 0. The maximum atomic E-state index is 11.5. The van der Waals surface area contributed by atoms with Crippen molar-refractivity contribution in [3.63, 3.8) is 0 Å². The Labute approximate surface area is 105 Å². The maximum Gasteiger partial charge on any atom is 0.267 e. The summed E-state index contributed by atoms with van der Waals surface area (Å²) in [7, 11) is 0. The van der Waals surface area contributed by atoms with Gasteiger partial charge in [0.2, 0.25) is 5.92 Å². The number of halogens is 6. The van der Waals surface area contributed by atoms with Gasteiger partial charge >= 0.3 is 0 Å². The monoisotopic (exact) mass is 553 g/mol. The molecule has 0 amide bonds. The average Bonchev–Trinajstić information content (AvgIpc) is 2.19. The molecule has 0 aliphatic carbocycles. The van der Waals surface area contributed by atoms with Crippen molar-refractivity contribution < 1.29 is 31.4 Å². The largest absolute Gasteiger partial charge is 0.390 e. The molecular weight excluding hydrogens is 529 g/mol. The van der Waals surface area contributed by atoms with Crippen molar-refractivity contribution in [1.82, 2.24) is 0 Å². The van der Waals surface area contributed by atoms with Crippen LogP contribution >= 0.6 is 0 Å². The topological polar surface area (TPSA) is 20.2 Å². The second kappa shape index (κ2) is 18.9. The molecule has 0 rings (SSSR count). The fourth-order valence-corrected chi connectivity index (χ4v) is 0. The van der Waals surface area contributed by atoms with Crippen LogP contribution in [0.3, 0.4) is 0 Å². The Hall–Kier alpha value is -1.46. The van der Waals surface area contributed by atoms with Gasteiger partial charge in [0.25, 0.3) is 5.92 Å². The van der Waals surface area contributed by atoms with Crippen LogP contribution in [0.1, 0.15) is 41.0 Å². The van der Waals surface area contributed by atoms with Gasteiger partial charge in [-0.05, 0) is 20.8 Å². The van der Waals surface area contributed by atoms with Crippen LogP contribution in [0.15, 0.2) is 0 Å². The van der Waals surface area contributed by atoms with E-state index in [9.17, 15) is 26.3 Å². The van der Waals surface area contributed by atoms with E-state index >= 15 is 0 Å². The molecule has 0 bridgehead atoms. The van der Waals surface area contributed by atoms with Crippen LogP contribution < -0.4 is 0 Å². The first kappa shape index (κ1) is 30.5. The molecule has 0 aromatic carbocycles. The van der Waals surface area contributed by atoms with E-state index in [1.165, 1.54) is 20.8 Å². The van der Waals surface area contributed by atoms with Crippen molar-refractivity contribution in [2.75, 3.05) is 20.0 Å². The van der Waals surface area contributed by atoms with Gasteiger partial charge in [0.1, 0.15) is 6.61 Å². The zero-order chi connectivity index (χ0) is 15.8. The fourth-order valence-electron chi connectivity index (χ4n) is 0. The van der Waals surface area contributed by atoms with Gasteiger partial charge in [-0.1, -0.05) is 6.92 Å². The second-order valence-electron chi connectivity index (χ2n) is 3.19. The third-order valence-corrected chi connectivity index (χ3v) is 0.898. The van der Waals surface area contributed by atoms with Crippen LogP contribution in [0.25, 0.3) is 0 Å². The average molecular weight is 553 g/mol. The Morgan fingerprint density at radius 3 is 0.895 bits per heavy atom. The number of aliphatic hydroxyl groups excluding tert-OH is 1. The molecule has 118 valence electrons. The molecule has 0 saturated heterocycles. The van der Waals surface area contributed by atoms with Crippen LogP contribution in [0, 0.1) is 0 Å². The van der Waals surface area contributed by atoms with Crippen LogP contribution in [0.2, 0.25) is 0 Å². The second-order valence-corrected chi connectivity index (χ2v) is 3.19. The quantitative estimate of drug-likeness (QED) is 0.495. The van der Waals surface area contributed by atoms with Gasteiger partial charge in [-0.25, -0.2) is 17.6 Å². The Kier molecular flexibility index (Phi) is 30.3. The molecule has 0 spiro atoms. The normalized spacial score (nSPS) is 9.47. The molecule has 1 N–H and O–H groups in total. The summed E-state index contributed by atoms with van der Waals surface area (Å²) < 4.78 is 65.9. The van der Waals surface area contributed by atoms with E-state index in [1.54, 1.807) is 0 Å². The third-order valence-electron chi connectivity index (χ3n) is 0.898. The van der Waals surface area contributed by atoms with Crippen molar-refractivity contribution in [3.8, 4) is 0 Å². The summed E-state index contributed by atoms with van der Waals surface area (Å²) in [6.07, 6.45) is -0.0625. The van der Waals surface area contributed by atoms with Crippen LogP contribution in [-0.2, 0) is 0 Å². The molecule has 0 unspecified atom stereocenters. The van der Waals surface area contributed by atoms with Crippen LogP contribution in [0.5, 0.6) is 0 Å². The number of aliphatic hydroxyl groups is 1. The summed E-state index contributed by atoms with van der Waals surface area (Å²) in [6, 6.07) is 0. The zero-order valence-corrected chi connectivity index (χ0v) is 18.6. The molecule has 0 radical (unpaired) electrons. The van der Waals surface area contributed by atoms with Gasteiger partial charge in [-0.3, -0.25) is 8.78 Å². The van der Waals surface area contributed by atoms with Crippen molar-refractivity contribution in [2.24, 2.45) is 0 Å². The van der Waals surface area contributed by atoms with E-state index in [1.807, 2.05) is 0 Å². The fraction of sp³-hybridized carbons (Fsp3) is 1.00. The summed E-state index contributed by atoms with van der Waals surface area (Å²) in [5, 5.41) is 7.65. The first-order chi connectivity index (χ1) is 7.95. The van der Waals surface area contributed by atoms with Crippen LogP contribution in [0.4, 0.5) is 26.3 Å². The van der Waals surface area contributed by atoms with Gasteiger partial charge < -0.3 is 5.11 Å². The Morgan fingerprint density at radius 1 is 0.789 bits per heavy atom. The number of rotatable bonds is 2. The van der Waals surface area contributed by atoms with E-state index in [2.05, 4.69) is 0 Å². The predicted molar refractivity (Wildman–Crippen MR) is 61.9 cm³/mol. The standard InChI is InChI=1S/C4H8F2.C3H6F2O.2C2H5F.Rf/c1-3-4(2,5)6;1-3(4,5)2-6;2*1-2-3;/h3H2,1-2H3;6H,2H2,1H3;2*2H2,1H3;. The molecule has 0 heterocycles. The number of alkyl halides is 6. The first-order valence-corrected chi connectivity index (χ1v) is 5.44. The molecule has 1 nitrogen and oxygen atoms in total. The van der Waals surface area contributed by atoms with Crippen molar-refractivity contribution in [3.05, 3.63) is 0 Å². The van der Waals surface area contributed by atoms with Gasteiger partial charge in [-0.2, -0.15) is 0 Å². The zero-order valence-electron chi connectivity index (χ0n) is 12.3. The smallest absolute Gasteiger partial charge is 0.267 e. The molecule has 8 heteroatoms. The minimum atomic E-state index is -2.90. The maximum absolute atomic E-state index is 11.5. The van der Waals surface area contributed by atoms with Gasteiger partial charge in [-0.15, -0.1) is 0 Å². The molecule has 0 aliphatic heterocycles. The van der Waals surface area contributed by atoms with E-state index < -0.39 is 18.5 Å². The molecule has 0 fully saturated rings. The van der Waals surface area contributed by atoms with E-state index in [0.717, 1.165) is 6.92 Å². The third kappa shape index (κ3) is 170. The van der Waals surface area contributed by atoms with Gasteiger partial charge in [0, 0.05) is 13.3 Å². The first-order valence-electron chi connectivity index (χ1n) is 5.44. The van der Waals surface area contributed by atoms with Crippen molar-refractivity contribution in [1.29, 1.82) is 0 Å². The summed E-state index contributed by atoms with van der Waals surface area (Å²) in [4.78, 5) is 0. The number of hydrogen-bond donors (Lipinski definition) is 1. The molecule has 0 atom stereocenters. The van der Waals surface area contributed by atoms with Crippen molar-refractivity contribution >= 4 is 0 Å². The number of hydrogen-bond acceptors (Lipinski definition) is 1. The summed E-state index contributed by atoms with van der Waals surface area (Å²) >= 11 is 0. The molecule has 19 heavy (non-hydrogen) atoms. The SMILES string of the molecule is CC(F)(F)CO.CCC(C)(F)F.CCF.CCF.[Rf]. The van der Waals surface area contributed by atoms with Gasteiger partial charge in [0.15, 0.2) is 0 Å². The van der Waals surface area contributed by atoms with E-state index in [-0.39, 0.29) is 19.8 Å². The summed E-state index contributed by atoms with van der Waals surface area (Å²) in [5.74, 6) is -5.36.